The summed E-state index contributed by atoms with van der Waals surface area (Å²) in [7, 11) is 0. The number of hydrogen-bond acceptors (Lipinski definition) is 2. The van der Waals surface area contributed by atoms with Crippen molar-refractivity contribution in [3.05, 3.63) is 33.1 Å². The van der Waals surface area contributed by atoms with E-state index in [1.807, 2.05) is 0 Å². The van der Waals surface area contributed by atoms with Crippen LogP contribution in [0.2, 0.25) is 10.0 Å². The van der Waals surface area contributed by atoms with E-state index in [1.54, 1.807) is 17.5 Å². The lowest BCUT2D eigenvalue weighted by Gasteiger charge is -1.98. The molecule has 5 heteroatoms. The second kappa shape index (κ2) is 4.00. The van der Waals surface area contributed by atoms with Crippen molar-refractivity contribution >= 4 is 50.6 Å². The van der Waals surface area contributed by atoms with E-state index >= 15 is 0 Å². The van der Waals surface area contributed by atoms with E-state index < -0.39 is 5.97 Å². The zero-order chi connectivity index (χ0) is 11.0. The second-order valence-corrected chi connectivity index (χ2v) is 4.82. The molecule has 2 nitrogen and oxygen atoms in total. The average Bonchev–Trinajstić information content (AvgIpc) is 2.48. The van der Waals surface area contributed by atoms with E-state index in [-0.39, 0.29) is 6.42 Å². The van der Waals surface area contributed by atoms with Gasteiger partial charge in [0.15, 0.2) is 0 Å². The van der Waals surface area contributed by atoms with Gasteiger partial charge in [-0.3, -0.25) is 4.79 Å². The van der Waals surface area contributed by atoms with Crippen LogP contribution in [0.4, 0.5) is 0 Å². The van der Waals surface area contributed by atoms with Gasteiger partial charge in [-0.05, 0) is 28.5 Å². The Kier molecular flexibility index (Phi) is 2.87. The van der Waals surface area contributed by atoms with Crippen molar-refractivity contribution in [1.29, 1.82) is 0 Å². The molecule has 2 rings (SSSR count). The number of thiophene rings is 1. The largest absolute Gasteiger partial charge is 0.481 e. The van der Waals surface area contributed by atoms with E-state index in [9.17, 15) is 4.79 Å². The standard InChI is InChI=1S/C10H6Cl2O2S/c11-6-2-7-5(1-9(13)14)4-15-10(7)8(12)3-6/h2-4H,1H2,(H,13,14). The quantitative estimate of drug-likeness (QED) is 0.891. The van der Waals surface area contributed by atoms with Gasteiger partial charge in [0.1, 0.15) is 0 Å². The van der Waals surface area contributed by atoms with Crippen LogP contribution in [0.25, 0.3) is 10.1 Å². The highest BCUT2D eigenvalue weighted by molar-refractivity contribution is 7.18. The van der Waals surface area contributed by atoms with Crippen molar-refractivity contribution in [2.75, 3.05) is 0 Å². The number of carbonyl (C=O) groups is 1. The number of carboxylic acid groups (broad SMARTS) is 1. The van der Waals surface area contributed by atoms with Crippen LogP contribution in [0.1, 0.15) is 5.56 Å². The lowest BCUT2D eigenvalue weighted by atomic mass is 10.1. The molecule has 0 aliphatic heterocycles. The summed E-state index contributed by atoms with van der Waals surface area (Å²) in [4.78, 5) is 10.6. The molecule has 0 unspecified atom stereocenters. The normalized spacial score (nSPS) is 10.8. The highest BCUT2D eigenvalue weighted by atomic mass is 35.5. The van der Waals surface area contributed by atoms with Crippen molar-refractivity contribution in [1.82, 2.24) is 0 Å². The van der Waals surface area contributed by atoms with E-state index in [2.05, 4.69) is 0 Å². The van der Waals surface area contributed by atoms with Gasteiger partial charge in [0.2, 0.25) is 0 Å². The third-order valence-corrected chi connectivity index (χ3v) is 3.72. The fourth-order valence-electron chi connectivity index (χ4n) is 1.41. The summed E-state index contributed by atoms with van der Waals surface area (Å²) in [6, 6.07) is 3.41. The van der Waals surface area contributed by atoms with Gasteiger partial charge < -0.3 is 5.11 Å². The number of benzene rings is 1. The summed E-state index contributed by atoms with van der Waals surface area (Å²) >= 11 is 13.3. The third-order valence-electron chi connectivity index (χ3n) is 2.02. The van der Waals surface area contributed by atoms with Crippen molar-refractivity contribution in [2.45, 2.75) is 6.42 Å². The van der Waals surface area contributed by atoms with Crippen LogP contribution in [-0.2, 0) is 11.2 Å². The van der Waals surface area contributed by atoms with Crippen molar-refractivity contribution in [3.63, 3.8) is 0 Å². The predicted molar refractivity (Wildman–Crippen MR) is 63.2 cm³/mol. The molecule has 0 aliphatic rings. The number of aliphatic carboxylic acids is 1. The zero-order valence-corrected chi connectivity index (χ0v) is 9.79. The molecule has 78 valence electrons. The molecule has 1 N–H and O–H groups in total. The molecule has 0 saturated heterocycles. The van der Waals surface area contributed by atoms with Gasteiger partial charge in [0, 0.05) is 5.02 Å². The van der Waals surface area contributed by atoms with Crippen LogP contribution in [0.3, 0.4) is 0 Å². The maximum atomic E-state index is 10.6. The van der Waals surface area contributed by atoms with Gasteiger partial charge in [0.25, 0.3) is 0 Å². The lowest BCUT2D eigenvalue weighted by Crippen LogP contribution is -1.98. The fourth-order valence-corrected chi connectivity index (χ4v) is 3.00. The highest BCUT2D eigenvalue weighted by Crippen LogP contribution is 2.35. The minimum atomic E-state index is -0.856. The molecular weight excluding hydrogens is 255 g/mol. The van der Waals surface area contributed by atoms with Crippen LogP contribution in [0.15, 0.2) is 17.5 Å². The first-order valence-electron chi connectivity index (χ1n) is 4.15. The minimum absolute atomic E-state index is 0.00330. The summed E-state index contributed by atoms with van der Waals surface area (Å²) < 4.78 is 0.886. The SMILES string of the molecule is O=C(O)Cc1csc2c(Cl)cc(Cl)cc12. The maximum Gasteiger partial charge on any atom is 0.307 e. The Balaban J connectivity index is 2.63. The van der Waals surface area contributed by atoms with Crippen LogP contribution in [-0.4, -0.2) is 11.1 Å². The molecule has 0 saturated carbocycles. The Morgan fingerprint density at radius 3 is 2.80 bits per heavy atom. The van der Waals surface area contributed by atoms with Crippen LogP contribution in [0.5, 0.6) is 0 Å². The average molecular weight is 261 g/mol. The molecule has 15 heavy (non-hydrogen) atoms. The summed E-state index contributed by atoms with van der Waals surface area (Å²) in [5.41, 5.74) is 0.756. The molecule has 0 atom stereocenters. The Hall–Kier alpha value is -0.770. The van der Waals surface area contributed by atoms with Gasteiger partial charge in [-0.15, -0.1) is 11.3 Å². The lowest BCUT2D eigenvalue weighted by molar-refractivity contribution is -0.136. The smallest absolute Gasteiger partial charge is 0.307 e. The second-order valence-electron chi connectivity index (χ2n) is 3.10. The molecular formula is C10H6Cl2O2S. The Bertz CT molecular complexity index is 533. The summed E-state index contributed by atoms with van der Waals surface area (Å²) in [5, 5.41) is 12.5. The van der Waals surface area contributed by atoms with Crippen molar-refractivity contribution in [3.8, 4) is 0 Å². The zero-order valence-electron chi connectivity index (χ0n) is 7.46. The summed E-state index contributed by atoms with van der Waals surface area (Å²) in [6.45, 7) is 0. The first-order valence-corrected chi connectivity index (χ1v) is 5.78. The van der Waals surface area contributed by atoms with Crippen LogP contribution >= 0.6 is 34.5 Å². The highest BCUT2D eigenvalue weighted by Gasteiger charge is 2.10. The number of fused-ring (bicyclic) bond motifs is 1. The topological polar surface area (TPSA) is 37.3 Å². The van der Waals surface area contributed by atoms with Gasteiger partial charge >= 0.3 is 5.97 Å². The number of halogens is 2. The maximum absolute atomic E-state index is 10.6. The molecule has 0 spiro atoms. The summed E-state index contributed by atoms with van der Waals surface area (Å²) in [5.74, 6) is -0.856. The van der Waals surface area contributed by atoms with Gasteiger partial charge in [0.05, 0.1) is 16.1 Å². The molecule has 1 heterocycles. The van der Waals surface area contributed by atoms with Gasteiger partial charge in [-0.1, -0.05) is 23.2 Å². The summed E-state index contributed by atoms with van der Waals surface area (Å²) in [6.07, 6.45) is -0.00330. The fraction of sp³-hybridized carbons (Fsp3) is 0.100. The first-order chi connectivity index (χ1) is 7.08. The van der Waals surface area contributed by atoms with E-state index in [0.29, 0.717) is 10.0 Å². The molecule has 2 aromatic rings. The molecule has 0 radical (unpaired) electrons. The van der Waals surface area contributed by atoms with Gasteiger partial charge in [-0.2, -0.15) is 0 Å². The Labute approximate surface area is 100 Å². The first kappa shape index (κ1) is 10.7. The number of hydrogen-bond donors (Lipinski definition) is 1. The van der Waals surface area contributed by atoms with Crippen molar-refractivity contribution < 1.29 is 9.90 Å². The number of carboxylic acids is 1. The molecule has 0 amide bonds. The monoisotopic (exact) mass is 260 g/mol. The molecule has 1 aromatic carbocycles. The third kappa shape index (κ3) is 2.09. The minimum Gasteiger partial charge on any atom is -0.481 e. The molecule has 0 fully saturated rings. The number of rotatable bonds is 2. The molecule has 0 aliphatic carbocycles. The molecule has 0 bridgehead atoms. The van der Waals surface area contributed by atoms with E-state index in [0.717, 1.165) is 15.6 Å². The predicted octanol–water partition coefficient (Wildman–Crippen LogP) is 3.84. The molecule has 1 aromatic heterocycles. The van der Waals surface area contributed by atoms with Crippen molar-refractivity contribution in [2.24, 2.45) is 0 Å². The van der Waals surface area contributed by atoms with Crippen LogP contribution in [0, 0.1) is 0 Å². The van der Waals surface area contributed by atoms with E-state index in [1.165, 1.54) is 11.3 Å². The van der Waals surface area contributed by atoms with Gasteiger partial charge in [-0.25, -0.2) is 0 Å². The Morgan fingerprint density at radius 1 is 1.40 bits per heavy atom. The Morgan fingerprint density at radius 2 is 2.13 bits per heavy atom. The van der Waals surface area contributed by atoms with Crippen LogP contribution < -0.4 is 0 Å². The van der Waals surface area contributed by atoms with E-state index in [4.69, 9.17) is 28.3 Å².